The molecular formula is C11H13BrN2O3S. The third-order valence-electron chi connectivity index (χ3n) is 2.83. The fourth-order valence-corrected chi connectivity index (χ4v) is 4.21. The zero-order valence-corrected chi connectivity index (χ0v) is 12.1. The minimum Gasteiger partial charge on any atom is -0.324 e. The molecule has 0 bridgehead atoms. The lowest BCUT2D eigenvalue weighted by Crippen LogP contribution is -2.41. The van der Waals surface area contributed by atoms with Gasteiger partial charge in [0.25, 0.3) is 0 Å². The molecule has 0 saturated carbocycles. The quantitative estimate of drug-likeness (QED) is 0.870. The highest BCUT2D eigenvalue weighted by Gasteiger charge is 2.39. The first-order chi connectivity index (χ1) is 8.46. The van der Waals surface area contributed by atoms with E-state index in [0.717, 1.165) is 0 Å². The molecule has 0 radical (unpaired) electrons. The summed E-state index contributed by atoms with van der Waals surface area (Å²) in [4.78, 5) is 12.0. The van der Waals surface area contributed by atoms with Gasteiger partial charge in [-0.25, -0.2) is 8.42 Å². The van der Waals surface area contributed by atoms with Gasteiger partial charge in [-0.1, -0.05) is 15.9 Å². The van der Waals surface area contributed by atoms with E-state index in [9.17, 15) is 13.2 Å². The number of nitrogens with one attached hydrogen (secondary N) is 2. The van der Waals surface area contributed by atoms with Gasteiger partial charge < -0.3 is 10.6 Å². The molecule has 5 nitrogen and oxygen atoms in total. The number of rotatable bonds is 3. The average Bonchev–Trinajstić information content (AvgIpc) is 2.30. The summed E-state index contributed by atoms with van der Waals surface area (Å²) in [5.41, 5.74) is 0.351. The predicted octanol–water partition coefficient (Wildman–Crippen LogP) is 1.15. The van der Waals surface area contributed by atoms with Gasteiger partial charge in [-0.3, -0.25) is 4.79 Å². The fraction of sp³-hybridized carbons (Fsp3) is 0.364. The number of fused-ring (bicyclic) bond motifs is 1. The SMILES string of the molecule is CNCCC1C(=O)Nc2ccc(Br)cc2S1(=O)=O. The first-order valence-electron chi connectivity index (χ1n) is 5.45. The zero-order chi connectivity index (χ0) is 13.3. The van der Waals surface area contributed by atoms with Crippen LogP contribution in [0, 0.1) is 0 Å². The number of carbonyl (C=O) groups excluding carboxylic acids is 1. The van der Waals surface area contributed by atoms with Crippen molar-refractivity contribution in [3.05, 3.63) is 22.7 Å². The first-order valence-corrected chi connectivity index (χ1v) is 7.79. The number of hydrogen-bond acceptors (Lipinski definition) is 4. The van der Waals surface area contributed by atoms with E-state index < -0.39 is 21.0 Å². The predicted molar refractivity (Wildman–Crippen MR) is 72.3 cm³/mol. The Kier molecular flexibility index (Phi) is 3.74. The third kappa shape index (κ3) is 2.30. The zero-order valence-electron chi connectivity index (χ0n) is 9.73. The smallest absolute Gasteiger partial charge is 0.243 e. The molecule has 1 aliphatic rings. The van der Waals surface area contributed by atoms with Crippen LogP contribution in [-0.4, -0.2) is 33.2 Å². The Bertz CT molecular complexity index is 586. The highest BCUT2D eigenvalue weighted by atomic mass is 79.9. The lowest BCUT2D eigenvalue weighted by Gasteiger charge is -2.24. The van der Waals surface area contributed by atoms with Crippen LogP contribution in [0.15, 0.2) is 27.6 Å². The number of anilines is 1. The van der Waals surface area contributed by atoms with Crippen molar-refractivity contribution >= 4 is 37.4 Å². The van der Waals surface area contributed by atoms with Gasteiger partial charge in [-0.2, -0.15) is 0 Å². The standard InChI is InChI=1S/C11H13BrN2O3S/c1-13-5-4-9-11(15)14-8-3-2-7(12)6-10(8)18(9,16)17/h2-3,6,9,13H,4-5H2,1H3,(H,14,15). The molecule has 0 saturated heterocycles. The van der Waals surface area contributed by atoms with Crippen LogP contribution in [0.5, 0.6) is 0 Å². The summed E-state index contributed by atoms with van der Waals surface area (Å²) < 4.78 is 25.4. The maximum absolute atomic E-state index is 12.4. The Balaban J connectivity index is 2.48. The number of sulfone groups is 1. The van der Waals surface area contributed by atoms with Crippen LogP contribution < -0.4 is 10.6 Å². The number of hydrogen-bond donors (Lipinski definition) is 2. The topological polar surface area (TPSA) is 75.3 Å². The van der Waals surface area contributed by atoms with Gasteiger partial charge in [-0.15, -0.1) is 0 Å². The molecular weight excluding hydrogens is 320 g/mol. The van der Waals surface area contributed by atoms with E-state index in [1.54, 1.807) is 19.2 Å². The van der Waals surface area contributed by atoms with E-state index in [2.05, 4.69) is 26.6 Å². The van der Waals surface area contributed by atoms with Crippen molar-refractivity contribution in [3.8, 4) is 0 Å². The molecule has 1 aliphatic heterocycles. The Hall–Kier alpha value is -0.920. The molecule has 7 heteroatoms. The molecule has 0 aliphatic carbocycles. The summed E-state index contributed by atoms with van der Waals surface area (Å²) in [5.74, 6) is -0.458. The highest BCUT2D eigenvalue weighted by Crippen LogP contribution is 2.33. The minimum absolute atomic E-state index is 0.178. The largest absolute Gasteiger partial charge is 0.324 e. The van der Waals surface area contributed by atoms with Crippen molar-refractivity contribution in [2.24, 2.45) is 0 Å². The number of carbonyl (C=O) groups is 1. The van der Waals surface area contributed by atoms with Crippen LogP contribution in [0.1, 0.15) is 6.42 Å². The summed E-state index contributed by atoms with van der Waals surface area (Å²) in [6.07, 6.45) is 0.261. The van der Waals surface area contributed by atoms with Gasteiger partial charge in [0.05, 0.1) is 10.6 Å². The minimum atomic E-state index is -3.61. The van der Waals surface area contributed by atoms with E-state index in [4.69, 9.17) is 0 Å². The van der Waals surface area contributed by atoms with E-state index in [0.29, 0.717) is 16.7 Å². The summed E-state index contributed by atoms with van der Waals surface area (Å²) in [6.45, 7) is 0.473. The molecule has 98 valence electrons. The highest BCUT2D eigenvalue weighted by molar-refractivity contribution is 9.10. The molecule has 0 spiro atoms. The van der Waals surface area contributed by atoms with Crippen molar-refractivity contribution in [1.29, 1.82) is 0 Å². The van der Waals surface area contributed by atoms with Crippen molar-refractivity contribution in [3.63, 3.8) is 0 Å². The molecule has 1 unspecified atom stereocenters. The van der Waals surface area contributed by atoms with Gasteiger partial charge in [0.2, 0.25) is 5.91 Å². The maximum Gasteiger partial charge on any atom is 0.243 e. The molecule has 1 aromatic carbocycles. The van der Waals surface area contributed by atoms with E-state index in [1.807, 2.05) is 0 Å². The van der Waals surface area contributed by atoms with Crippen LogP contribution in [0.4, 0.5) is 5.69 Å². The molecule has 0 aromatic heterocycles. The van der Waals surface area contributed by atoms with E-state index >= 15 is 0 Å². The second kappa shape index (κ2) is 4.99. The van der Waals surface area contributed by atoms with E-state index in [-0.39, 0.29) is 11.3 Å². The number of halogens is 1. The summed E-state index contributed by atoms with van der Waals surface area (Å²) >= 11 is 3.24. The second-order valence-corrected chi connectivity index (χ2v) is 7.07. The van der Waals surface area contributed by atoms with Crippen molar-refractivity contribution in [2.75, 3.05) is 18.9 Å². The van der Waals surface area contributed by atoms with Crippen LogP contribution >= 0.6 is 15.9 Å². The molecule has 1 amide bonds. The Morgan fingerprint density at radius 2 is 2.17 bits per heavy atom. The molecule has 18 heavy (non-hydrogen) atoms. The Morgan fingerprint density at radius 3 is 2.83 bits per heavy atom. The van der Waals surface area contributed by atoms with E-state index in [1.165, 1.54) is 6.07 Å². The number of amides is 1. The van der Waals surface area contributed by atoms with Gasteiger partial charge in [0.1, 0.15) is 5.25 Å². The van der Waals surface area contributed by atoms with Crippen molar-refractivity contribution < 1.29 is 13.2 Å². The second-order valence-electron chi connectivity index (χ2n) is 4.06. The monoisotopic (exact) mass is 332 g/mol. The third-order valence-corrected chi connectivity index (χ3v) is 5.47. The first kappa shape index (κ1) is 13.5. The number of benzene rings is 1. The lowest BCUT2D eigenvalue weighted by atomic mass is 10.2. The Labute approximate surface area is 114 Å². The van der Waals surface area contributed by atoms with Crippen LogP contribution in [-0.2, 0) is 14.6 Å². The van der Waals surface area contributed by atoms with Crippen molar-refractivity contribution in [2.45, 2.75) is 16.6 Å². The molecule has 2 rings (SSSR count). The van der Waals surface area contributed by atoms with Crippen LogP contribution in [0.25, 0.3) is 0 Å². The summed E-state index contributed by atoms with van der Waals surface area (Å²) in [6, 6.07) is 4.81. The van der Waals surface area contributed by atoms with Gasteiger partial charge in [0.15, 0.2) is 9.84 Å². The maximum atomic E-state index is 12.4. The van der Waals surface area contributed by atoms with Gasteiger partial charge in [0, 0.05) is 4.47 Å². The van der Waals surface area contributed by atoms with Crippen LogP contribution in [0.3, 0.4) is 0 Å². The molecule has 1 aromatic rings. The average molecular weight is 333 g/mol. The fourth-order valence-electron chi connectivity index (χ4n) is 1.90. The van der Waals surface area contributed by atoms with Crippen molar-refractivity contribution in [1.82, 2.24) is 5.32 Å². The van der Waals surface area contributed by atoms with Crippen LogP contribution in [0.2, 0.25) is 0 Å². The molecule has 1 heterocycles. The molecule has 1 atom stereocenters. The normalized spacial score (nSPS) is 21.2. The van der Waals surface area contributed by atoms with Gasteiger partial charge in [-0.05, 0) is 38.2 Å². The van der Waals surface area contributed by atoms with Gasteiger partial charge >= 0.3 is 0 Å². The summed E-state index contributed by atoms with van der Waals surface area (Å²) in [5, 5.41) is 4.47. The Morgan fingerprint density at radius 1 is 1.44 bits per heavy atom. The lowest BCUT2D eigenvalue weighted by molar-refractivity contribution is -0.116. The molecule has 2 N–H and O–H groups in total. The summed E-state index contributed by atoms with van der Waals surface area (Å²) in [7, 11) is -1.89. The molecule has 0 fully saturated rings.